The highest BCUT2D eigenvalue weighted by Gasteiger charge is 2.38. The molecular formula is C28H35F2NO6. The molecule has 2 aromatic carbocycles. The van der Waals surface area contributed by atoms with Gasteiger partial charge in [0.2, 0.25) is 6.10 Å². The maximum atomic E-state index is 14.6. The fourth-order valence-corrected chi connectivity index (χ4v) is 3.35. The normalized spacial score (nSPS) is 13.3. The molecular weight excluding hydrogens is 484 g/mol. The van der Waals surface area contributed by atoms with Crippen LogP contribution in [0.15, 0.2) is 54.6 Å². The molecule has 0 saturated carbocycles. The maximum Gasteiger partial charge on any atom is 0.410 e. The van der Waals surface area contributed by atoms with Crippen LogP contribution in [-0.2, 0) is 36.8 Å². The predicted molar refractivity (Wildman–Crippen MR) is 134 cm³/mol. The highest BCUT2D eigenvalue weighted by atomic mass is 19.1. The van der Waals surface area contributed by atoms with Gasteiger partial charge in [-0.3, -0.25) is 4.90 Å². The summed E-state index contributed by atoms with van der Waals surface area (Å²) in [6.07, 6.45) is -2.77. The molecule has 9 heteroatoms. The zero-order valence-electron chi connectivity index (χ0n) is 22.1. The molecule has 0 aromatic heterocycles. The number of alkyl halides is 1. The zero-order chi connectivity index (χ0) is 27.8. The summed E-state index contributed by atoms with van der Waals surface area (Å²) in [6.45, 7) is 7.45. The number of hydrogen-bond donors (Lipinski definition) is 0. The van der Waals surface area contributed by atoms with Gasteiger partial charge in [0.15, 0.2) is 0 Å². The first-order chi connectivity index (χ1) is 17.1. The standard InChI is InChI=1S/C28H35F2NO6/c1-27(2,3)37-26(34)31(6)22(17-28(4,5)30)24(32)36-23(16-19-12-14-21(29)15-13-19)25(33)35-18-20-10-8-7-9-11-20/h7-15,22-23H,16-18H2,1-6H3/t22-,23+/m0/s1. The minimum absolute atomic E-state index is 0.0596. The zero-order valence-corrected chi connectivity index (χ0v) is 22.1. The van der Waals surface area contributed by atoms with Crippen molar-refractivity contribution in [3.63, 3.8) is 0 Å². The molecule has 2 aromatic rings. The van der Waals surface area contributed by atoms with Gasteiger partial charge in [0, 0.05) is 19.9 Å². The van der Waals surface area contributed by atoms with E-state index in [2.05, 4.69) is 0 Å². The number of ether oxygens (including phenoxy) is 3. The van der Waals surface area contributed by atoms with E-state index in [1.54, 1.807) is 45.0 Å². The highest BCUT2D eigenvalue weighted by Crippen LogP contribution is 2.23. The predicted octanol–water partition coefficient (Wildman–Crippen LogP) is 5.40. The number of hydrogen-bond acceptors (Lipinski definition) is 6. The van der Waals surface area contributed by atoms with Gasteiger partial charge in [0.05, 0.1) is 0 Å². The Labute approximate surface area is 216 Å². The molecule has 1 amide bonds. The van der Waals surface area contributed by atoms with Crippen LogP contribution in [0.4, 0.5) is 13.6 Å². The number of likely N-dealkylation sites (N-methyl/N-ethyl adjacent to an activating group) is 1. The lowest BCUT2D eigenvalue weighted by atomic mass is 10.00. The summed E-state index contributed by atoms with van der Waals surface area (Å²) >= 11 is 0. The van der Waals surface area contributed by atoms with Crippen LogP contribution in [0.5, 0.6) is 0 Å². The lowest BCUT2D eigenvalue weighted by molar-refractivity contribution is -0.172. The van der Waals surface area contributed by atoms with Crippen molar-refractivity contribution < 1.29 is 37.4 Å². The molecule has 0 radical (unpaired) electrons. The molecule has 7 nitrogen and oxygen atoms in total. The molecule has 0 spiro atoms. The minimum Gasteiger partial charge on any atom is -0.458 e. The molecule has 0 aliphatic carbocycles. The monoisotopic (exact) mass is 519 g/mol. The van der Waals surface area contributed by atoms with Crippen LogP contribution in [-0.4, -0.2) is 53.4 Å². The first kappa shape index (κ1) is 29.7. The van der Waals surface area contributed by atoms with Crippen LogP contribution in [0.2, 0.25) is 0 Å². The first-order valence-electron chi connectivity index (χ1n) is 11.9. The number of amides is 1. The number of halogens is 2. The number of esters is 2. The molecule has 0 N–H and O–H groups in total. The van der Waals surface area contributed by atoms with E-state index in [1.165, 1.54) is 45.2 Å². The third-order valence-corrected chi connectivity index (χ3v) is 5.18. The molecule has 0 fully saturated rings. The first-order valence-corrected chi connectivity index (χ1v) is 11.9. The van der Waals surface area contributed by atoms with E-state index in [0.29, 0.717) is 5.56 Å². The fourth-order valence-electron chi connectivity index (χ4n) is 3.35. The van der Waals surface area contributed by atoms with E-state index < -0.39 is 53.7 Å². The van der Waals surface area contributed by atoms with Crippen molar-refractivity contribution in [2.24, 2.45) is 0 Å². The van der Waals surface area contributed by atoms with Crippen molar-refractivity contribution in [3.8, 4) is 0 Å². The van der Waals surface area contributed by atoms with Gasteiger partial charge >= 0.3 is 18.0 Å². The van der Waals surface area contributed by atoms with Gasteiger partial charge in [0.25, 0.3) is 0 Å². The average molecular weight is 520 g/mol. The minimum atomic E-state index is -1.85. The Hall–Kier alpha value is -3.49. The van der Waals surface area contributed by atoms with Crippen molar-refractivity contribution in [1.82, 2.24) is 4.90 Å². The molecule has 37 heavy (non-hydrogen) atoms. The lowest BCUT2D eigenvalue weighted by Crippen LogP contribution is -2.49. The Kier molecular flexibility index (Phi) is 10.2. The molecule has 0 aliphatic heterocycles. The Balaban J connectivity index is 2.27. The highest BCUT2D eigenvalue weighted by molar-refractivity contribution is 5.85. The van der Waals surface area contributed by atoms with Crippen molar-refractivity contribution in [2.75, 3.05) is 7.05 Å². The van der Waals surface area contributed by atoms with Gasteiger partial charge < -0.3 is 14.2 Å². The second kappa shape index (κ2) is 12.7. The van der Waals surface area contributed by atoms with Crippen LogP contribution in [0, 0.1) is 5.82 Å². The van der Waals surface area contributed by atoms with Crippen molar-refractivity contribution in [2.45, 2.75) is 77.5 Å². The van der Waals surface area contributed by atoms with Gasteiger partial charge in [-0.2, -0.15) is 0 Å². The Bertz CT molecular complexity index is 1050. The molecule has 2 rings (SSSR count). The van der Waals surface area contributed by atoms with E-state index in [-0.39, 0.29) is 13.0 Å². The molecule has 202 valence electrons. The number of rotatable bonds is 10. The maximum absolute atomic E-state index is 14.6. The Morgan fingerprint density at radius 2 is 1.49 bits per heavy atom. The largest absolute Gasteiger partial charge is 0.458 e. The van der Waals surface area contributed by atoms with Gasteiger partial charge in [-0.1, -0.05) is 42.5 Å². The lowest BCUT2D eigenvalue weighted by Gasteiger charge is -2.32. The SMILES string of the molecule is CN(C(=O)OC(C)(C)C)[C@@H](CC(C)(C)F)C(=O)O[C@H](Cc1ccc(F)cc1)C(=O)OCc1ccccc1. The summed E-state index contributed by atoms with van der Waals surface area (Å²) in [5.41, 5.74) is -1.46. The van der Waals surface area contributed by atoms with Crippen molar-refractivity contribution >= 4 is 18.0 Å². The van der Waals surface area contributed by atoms with Crippen LogP contribution < -0.4 is 0 Å². The summed E-state index contributed by atoms with van der Waals surface area (Å²) in [5.74, 6) is -2.30. The average Bonchev–Trinajstić information content (AvgIpc) is 2.80. The summed E-state index contributed by atoms with van der Waals surface area (Å²) in [4.78, 5) is 39.8. The summed E-state index contributed by atoms with van der Waals surface area (Å²) < 4.78 is 44.2. The van der Waals surface area contributed by atoms with Gasteiger partial charge in [-0.15, -0.1) is 0 Å². The van der Waals surface area contributed by atoms with Crippen molar-refractivity contribution in [3.05, 3.63) is 71.5 Å². The summed E-state index contributed by atoms with van der Waals surface area (Å²) in [6, 6.07) is 12.9. The third-order valence-electron chi connectivity index (χ3n) is 5.18. The van der Waals surface area contributed by atoms with Gasteiger partial charge in [-0.05, 0) is 57.9 Å². The Morgan fingerprint density at radius 3 is 2.03 bits per heavy atom. The van der Waals surface area contributed by atoms with Crippen LogP contribution in [0.1, 0.15) is 52.2 Å². The molecule has 0 heterocycles. The number of carbonyl (C=O) groups excluding carboxylic acids is 3. The molecule has 2 atom stereocenters. The third kappa shape index (κ3) is 10.6. The smallest absolute Gasteiger partial charge is 0.410 e. The van der Waals surface area contributed by atoms with E-state index >= 15 is 0 Å². The number of benzene rings is 2. The van der Waals surface area contributed by atoms with Gasteiger partial charge in [-0.25, -0.2) is 23.2 Å². The summed E-state index contributed by atoms with van der Waals surface area (Å²) in [7, 11) is 1.30. The Morgan fingerprint density at radius 1 is 0.892 bits per heavy atom. The topological polar surface area (TPSA) is 82.1 Å². The van der Waals surface area contributed by atoms with E-state index in [9.17, 15) is 23.2 Å². The van der Waals surface area contributed by atoms with Crippen LogP contribution in [0.3, 0.4) is 0 Å². The molecule has 0 aliphatic rings. The quantitative estimate of drug-likeness (QED) is 0.309. The molecule has 0 unspecified atom stereocenters. The van der Waals surface area contributed by atoms with E-state index in [1.807, 2.05) is 6.07 Å². The molecule has 0 bridgehead atoms. The number of carbonyl (C=O) groups is 3. The molecule has 0 saturated heterocycles. The van der Waals surface area contributed by atoms with Crippen LogP contribution >= 0.6 is 0 Å². The van der Waals surface area contributed by atoms with Crippen molar-refractivity contribution in [1.29, 1.82) is 0 Å². The fraction of sp³-hybridized carbons (Fsp3) is 0.464. The number of nitrogens with zero attached hydrogens (tertiary/aromatic N) is 1. The summed E-state index contributed by atoms with van der Waals surface area (Å²) in [5, 5.41) is 0. The van der Waals surface area contributed by atoms with E-state index in [4.69, 9.17) is 14.2 Å². The van der Waals surface area contributed by atoms with Gasteiger partial charge in [0.1, 0.15) is 29.7 Å². The second-order valence-electron chi connectivity index (χ2n) is 10.4. The second-order valence-corrected chi connectivity index (χ2v) is 10.4. The van der Waals surface area contributed by atoms with E-state index in [0.717, 1.165) is 10.5 Å². The van der Waals surface area contributed by atoms with Crippen LogP contribution in [0.25, 0.3) is 0 Å².